The summed E-state index contributed by atoms with van der Waals surface area (Å²) in [6, 6.07) is 14.3. The largest absolute Gasteiger partial charge is 0.365 e. The van der Waals surface area contributed by atoms with Crippen molar-refractivity contribution in [3.05, 3.63) is 48.8 Å². The summed E-state index contributed by atoms with van der Waals surface area (Å²) in [5, 5.41) is 9.20. The van der Waals surface area contributed by atoms with Crippen molar-refractivity contribution in [3.63, 3.8) is 0 Å². The summed E-state index contributed by atoms with van der Waals surface area (Å²) in [5.74, 6) is 1.35. The fourth-order valence-corrected chi connectivity index (χ4v) is 8.39. The number of anilines is 2. The number of nitrogens with one attached hydrogen (secondary N) is 2. The summed E-state index contributed by atoms with van der Waals surface area (Å²) in [6.45, 7) is 0.899. The molecule has 2 aliphatic carbocycles. The summed E-state index contributed by atoms with van der Waals surface area (Å²) in [6.07, 6.45) is 12.1. The van der Waals surface area contributed by atoms with E-state index in [4.69, 9.17) is 20.7 Å². The number of aromatic nitrogens is 4. The van der Waals surface area contributed by atoms with Crippen LogP contribution in [0.5, 0.6) is 0 Å². The molecular weight excluding hydrogens is 548 g/mol. The van der Waals surface area contributed by atoms with E-state index in [-0.39, 0.29) is 12.1 Å². The van der Waals surface area contributed by atoms with Crippen molar-refractivity contribution in [2.45, 2.75) is 93.3 Å². The zero-order valence-electron chi connectivity index (χ0n) is 24.0. The van der Waals surface area contributed by atoms with E-state index in [1.165, 1.54) is 12.8 Å². The van der Waals surface area contributed by atoms with Crippen LogP contribution in [0.15, 0.2) is 53.7 Å². The highest BCUT2D eigenvalue weighted by Crippen LogP contribution is 2.34. The van der Waals surface area contributed by atoms with Crippen LogP contribution >= 0.6 is 0 Å². The summed E-state index contributed by atoms with van der Waals surface area (Å²) in [5.41, 5.74) is 7.79. The zero-order valence-corrected chi connectivity index (χ0v) is 24.8. The fourth-order valence-electron chi connectivity index (χ4n) is 6.89. The molecule has 3 heterocycles. The molecular formula is C31H40N8O2S. The molecule has 7 rings (SSSR count). The topological polar surface area (TPSA) is 131 Å². The van der Waals surface area contributed by atoms with Gasteiger partial charge in [0.05, 0.1) is 11.2 Å². The lowest BCUT2D eigenvalue weighted by atomic mass is 9.92. The Bertz CT molecular complexity index is 1670. The molecule has 3 fully saturated rings. The molecule has 2 aromatic heterocycles. The summed E-state index contributed by atoms with van der Waals surface area (Å²) >= 11 is 0. The molecule has 0 atom stereocenters. The van der Waals surface area contributed by atoms with Crippen LogP contribution in [0, 0.1) is 0 Å². The molecule has 222 valence electrons. The smallest absolute Gasteiger partial charge is 0.243 e. The lowest BCUT2D eigenvalue weighted by Gasteiger charge is -2.32. The van der Waals surface area contributed by atoms with E-state index in [0.29, 0.717) is 48.9 Å². The maximum absolute atomic E-state index is 13.5. The maximum atomic E-state index is 13.5. The molecule has 11 heteroatoms. The van der Waals surface area contributed by atoms with E-state index >= 15 is 0 Å². The minimum Gasteiger partial charge on any atom is -0.365 e. The standard InChI is InChI=1S/C31H40N8O2S/c32-23-10-12-24(13-11-23)35-31-36-29(28-30(37-31)39(20-33-28)26-7-3-4-8-26)34-25-15-17-38(18-16-25)42(40,41)27-14-9-21-5-1-2-6-22(21)19-27/h1-2,5-6,9,14,19-20,23-26H,3-4,7-8,10-13,15-18,32H2,(H2,34,35,36,37)/t23-,24-. The third-order valence-electron chi connectivity index (χ3n) is 9.40. The number of rotatable bonds is 7. The van der Waals surface area contributed by atoms with E-state index in [9.17, 15) is 8.42 Å². The van der Waals surface area contributed by atoms with Crippen LogP contribution < -0.4 is 16.4 Å². The van der Waals surface area contributed by atoms with Crippen molar-refractivity contribution in [2.75, 3.05) is 23.7 Å². The third-order valence-corrected chi connectivity index (χ3v) is 11.3. The Morgan fingerprint density at radius 3 is 2.29 bits per heavy atom. The van der Waals surface area contributed by atoms with Crippen molar-refractivity contribution in [1.29, 1.82) is 0 Å². The van der Waals surface area contributed by atoms with Gasteiger partial charge < -0.3 is 20.9 Å². The van der Waals surface area contributed by atoms with Crippen molar-refractivity contribution in [1.82, 2.24) is 23.8 Å². The van der Waals surface area contributed by atoms with Gasteiger partial charge >= 0.3 is 0 Å². The Morgan fingerprint density at radius 1 is 0.810 bits per heavy atom. The van der Waals surface area contributed by atoms with Gasteiger partial charge in [-0.05, 0) is 74.3 Å². The van der Waals surface area contributed by atoms with Crippen molar-refractivity contribution >= 4 is 43.7 Å². The number of piperidine rings is 1. The monoisotopic (exact) mass is 588 g/mol. The molecule has 0 bridgehead atoms. The minimum absolute atomic E-state index is 0.0864. The number of hydrogen-bond donors (Lipinski definition) is 3. The molecule has 1 saturated heterocycles. The Balaban J connectivity index is 1.09. The predicted molar refractivity (Wildman–Crippen MR) is 166 cm³/mol. The number of sulfonamides is 1. The van der Waals surface area contributed by atoms with E-state index in [0.717, 1.165) is 66.3 Å². The number of fused-ring (bicyclic) bond motifs is 2. The van der Waals surface area contributed by atoms with Gasteiger partial charge in [0.15, 0.2) is 17.0 Å². The number of nitrogens with two attached hydrogens (primary N) is 1. The molecule has 2 saturated carbocycles. The molecule has 3 aliphatic rings. The van der Waals surface area contributed by atoms with Gasteiger partial charge in [0.1, 0.15) is 0 Å². The van der Waals surface area contributed by atoms with E-state index < -0.39 is 10.0 Å². The lowest BCUT2D eigenvalue weighted by Crippen LogP contribution is -2.42. The first-order chi connectivity index (χ1) is 20.4. The number of benzene rings is 2. The van der Waals surface area contributed by atoms with Crippen LogP contribution in [0.1, 0.15) is 70.3 Å². The second-order valence-electron chi connectivity index (χ2n) is 12.2. The zero-order chi connectivity index (χ0) is 28.7. The van der Waals surface area contributed by atoms with Gasteiger partial charge in [-0.2, -0.15) is 14.3 Å². The Labute approximate surface area is 247 Å². The second-order valence-corrected chi connectivity index (χ2v) is 14.2. The van der Waals surface area contributed by atoms with Gasteiger partial charge in [-0.1, -0.05) is 43.2 Å². The van der Waals surface area contributed by atoms with E-state index in [1.54, 1.807) is 16.4 Å². The van der Waals surface area contributed by atoms with Crippen LogP contribution in [-0.2, 0) is 10.0 Å². The molecule has 2 aromatic carbocycles. The normalized spacial score (nSPS) is 23.1. The molecule has 0 unspecified atom stereocenters. The van der Waals surface area contributed by atoms with Crippen molar-refractivity contribution < 1.29 is 8.42 Å². The van der Waals surface area contributed by atoms with Gasteiger partial charge in [-0.3, -0.25) is 0 Å². The predicted octanol–water partition coefficient (Wildman–Crippen LogP) is 5.04. The molecule has 0 radical (unpaired) electrons. The average molecular weight is 589 g/mol. The van der Waals surface area contributed by atoms with Crippen LogP contribution in [-0.4, -0.2) is 63.5 Å². The molecule has 0 spiro atoms. The summed E-state index contributed by atoms with van der Waals surface area (Å²) in [4.78, 5) is 15.0. The van der Waals surface area contributed by atoms with Crippen LogP contribution in [0.25, 0.3) is 21.9 Å². The molecule has 4 N–H and O–H groups in total. The highest BCUT2D eigenvalue weighted by Gasteiger charge is 2.31. The van der Waals surface area contributed by atoms with Crippen LogP contribution in [0.4, 0.5) is 11.8 Å². The van der Waals surface area contributed by atoms with Crippen molar-refractivity contribution in [3.8, 4) is 0 Å². The number of imidazole rings is 1. The van der Waals surface area contributed by atoms with Gasteiger partial charge in [-0.15, -0.1) is 0 Å². The maximum Gasteiger partial charge on any atom is 0.243 e. The second kappa shape index (κ2) is 11.4. The van der Waals surface area contributed by atoms with E-state index in [1.807, 2.05) is 36.7 Å². The Kier molecular flexibility index (Phi) is 7.49. The summed E-state index contributed by atoms with van der Waals surface area (Å²) < 4.78 is 30.9. The Hall–Kier alpha value is -3.28. The highest BCUT2D eigenvalue weighted by atomic mass is 32.2. The fraction of sp³-hybridized carbons (Fsp3) is 0.516. The number of nitrogens with zero attached hydrogens (tertiary/aromatic N) is 5. The van der Waals surface area contributed by atoms with Gasteiger partial charge in [0.25, 0.3) is 0 Å². The first-order valence-electron chi connectivity index (χ1n) is 15.5. The lowest BCUT2D eigenvalue weighted by molar-refractivity contribution is 0.329. The van der Waals surface area contributed by atoms with E-state index in [2.05, 4.69) is 15.2 Å². The highest BCUT2D eigenvalue weighted by molar-refractivity contribution is 7.89. The molecule has 10 nitrogen and oxygen atoms in total. The SMILES string of the molecule is N[C@H]1CC[C@H](Nc2nc(NC3CCN(S(=O)(=O)c4ccc5ccccc5c4)CC3)c3ncn(C4CCCC4)c3n2)CC1. The average Bonchev–Trinajstić information content (AvgIpc) is 3.69. The first-order valence-corrected chi connectivity index (χ1v) is 16.9. The van der Waals surface area contributed by atoms with Crippen LogP contribution in [0.3, 0.4) is 0 Å². The first kappa shape index (κ1) is 27.5. The third kappa shape index (κ3) is 5.45. The molecule has 0 amide bonds. The van der Waals surface area contributed by atoms with Gasteiger partial charge in [0.2, 0.25) is 16.0 Å². The molecule has 42 heavy (non-hydrogen) atoms. The number of hydrogen-bond acceptors (Lipinski definition) is 8. The summed E-state index contributed by atoms with van der Waals surface area (Å²) in [7, 11) is -3.57. The minimum atomic E-state index is -3.57. The van der Waals surface area contributed by atoms with Crippen molar-refractivity contribution in [2.24, 2.45) is 5.73 Å². The molecule has 4 aromatic rings. The van der Waals surface area contributed by atoms with Crippen LogP contribution in [0.2, 0.25) is 0 Å². The molecule has 1 aliphatic heterocycles. The quantitative estimate of drug-likeness (QED) is 0.274. The van der Waals surface area contributed by atoms with Gasteiger partial charge in [0, 0.05) is 37.3 Å². The Morgan fingerprint density at radius 2 is 1.52 bits per heavy atom. The van der Waals surface area contributed by atoms with Gasteiger partial charge in [-0.25, -0.2) is 13.4 Å².